The van der Waals surface area contributed by atoms with Crippen LogP contribution in [0.25, 0.3) is 0 Å². The standard InChI is InChI=1S/C23H46N2/c1-4-6-8-9-10-11-12-13-14-15-16-17-18-19-23-24(3)21-22-25(23)20-7-5-2/h21-23H,4-20H2,1-3H3. The molecule has 0 fully saturated rings. The highest BCUT2D eigenvalue weighted by atomic mass is 15.4. The van der Waals surface area contributed by atoms with Gasteiger partial charge in [0.1, 0.15) is 6.17 Å². The summed E-state index contributed by atoms with van der Waals surface area (Å²) in [6.07, 6.45) is 27.9. The Hall–Kier alpha value is -0.660. The Morgan fingerprint density at radius 2 is 1.08 bits per heavy atom. The minimum Gasteiger partial charge on any atom is -0.359 e. The lowest BCUT2D eigenvalue weighted by atomic mass is 10.0. The SMILES string of the molecule is CCCCCCCCCCCCCCCC1N(C)C=CN1CCCC. The van der Waals surface area contributed by atoms with Gasteiger partial charge in [-0.1, -0.05) is 97.3 Å². The van der Waals surface area contributed by atoms with Gasteiger partial charge in [-0.05, 0) is 19.3 Å². The van der Waals surface area contributed by atoms with E-state index in [2.05, 4.69) is 43.1 Å². The zero-order valence-electron chi connectivity index (χ0n) is 17.6. The van der Waals surface area contributed by atoms with Gasteiger partial charge >= 0.3 is 0 Å². The third-order valence-corrected chi connectivity index (χ3v) is 5.68. The summed E-state index contributed by atoms with van der Waals surface area (Å²) in [4.78, 5) is 4.94. The first-order valence-corrected chi connectivity index (χ1v) is 11.5. The van der Waals surface area contributed by atoms with Crippen LogP contribution in [0.4, 0.5) is 0 Å². The van der Waals surface area contributed by atoms with E-state index < -0.39 is 0 Å². The van der Waals surface area contributed by atoms with Crippen LogP contribution in [0.15, 0.2) is 12.4 Å². The van der Waals surface area contributed by atoms with Crippen molar-refractivity contribution in [1.29, 1.82) is 0 Å². The Balaban J connectivity index is 1.88. The molecule has 0 aromatic rings. The molecule has 0 saturated heterocycles. The molecule has 0 amide bonds. The van der Waals surface area contributed by atoms with E-state index in [-0.39, 0.29) is 0 Å². The van der Waals surface area contributed by atoms with Gasteiger partial charge < -0.3 is 9.80 Å². The van der Waals surface area contributed by atoms with Crippen LogP contribution in [-0.2, 0) is 0 Å². The van der Waals surface area contributed by atoms with E-state index in [1.807, 2.05) is 0 Å². The number of hydrogen-bond acceptors (Lipinski definition) is 2. The molecular formula is C23H46N2. The van der Waals surface area contributed by atoms with Crippen molar-refractivity contribution in [1.82, 2.24) is 9.80 Å². The van der Waals surface area contributed by atoms with Gasteiger partial charge in [-0.15, -0.1) is 0 Å². The number of hydrogen-bond donors (Lipinski definition) is 0. The predicted octanol–water partition coefficient (Wildman–Crippen LogP) is 7.31. The van der Waals surface area contributed by atoms with E-state index in [0.717, 1.165) is 0 Å². The summed E-state index contributed by atoms with van der Waals surface area (Å²) in [7, 11) is 2.23. The molecule has 25 heavy (non-hydrogen) atoms. The molecule has 1 unspecified atom stereocenters. The molecule has 0 spiro atoms. The zero-order chi connectivity index (χ0) is 18.2. The van der Waals surface area contributed by atoms with Crippen LogP contribution in [0.3, 0.4) is 0 Å². The van der Waals surface area contributed by atoms with Crippen LogP contribution in [-0.4, -0.2) is 29.6 Å². The Kier molecular flexibility index (Phi) is 14.0. The highest BCUT2D eigenvalue weighted by molar-refractivity contribution is 4.95. The second-order valence-corrected chi connectivity index (χ2v) is 8.07. The molecule has 0 aliphatic carbocycles. The fourth-order valence-electron chi connectivity index (χ4n) is 3.90. The normalized spacial score (nSPS) is 17.0. The number of unbranched alkanes of at least 4 members (excludes halogenated alkanes) is 13. The Morgan fingerprint density at radius 3 is 1.60 bits per heavy atom. The topological polar surface area (TPSA) is 6.48 Å². The van der Waals surface area contributed by atoms with Gasteiger partial charge in [0.05, 0.1) is 0 Å². The maximum Gasteiger partial charge on any atom is 0.100 e. The lowest BCUT2D eigenvalue weighted by Crippen LogP contribution is -2.36. The third kappa shape index (κ3) is 10.8. The molecule has 1 heterocycles. The fraction of sp³-hybridized carbons (Fsp3) is 0.913. The van der Waals surface area contributed by atoms with Gasteiger partial charge in [0, 0.05) is 26.0 Å². The molecule has 0 bridgehead atoms. The van der Waals surface area contributed by atoms with E-state index >= 15 is 0 Å². The molecule has 1 aliphatic heterocycles. The van der Waals surface area contributed by atoms with Crippen molar-refractivity contribution in [3.63, 3.8) is 0 Å². The molecule has 2 nitrogen and oxygen atoms in total. The highest BCUT2D eigenvalue weighted by Crippen LogP contribution is 2.21. The average Bonchev–Trinajstić information content (AvgIpc) is 2.97. The van der Waals surface area contributed by atoms with Crippen LogP contribution in [0.2, 0.25) is 0 Å². The predicted molar refractivity (Wildman–Crippen MR) is 113 cm³/mol. The van der Waals surface area contributed by atoms with Gasteiger partial charge in [-0.2, -0.15) is 0 Å². The summed E-state index contributed by atoms with van der Waals surface area (Å²) in [5.41, 5.74) is 0. The third-order valence-electron chi connectivity index (χ3n) is 5.68. The Bertz CT molecular complexity index is 313. The Morgan fingerprint density at radius 1 is 0.600 bits per heavy atom. The van der Waals surface area contributed by atoms with Crippen LogP contribution in [0.1, 0.15) is 117 Å². The van der Waals surface area contributed by atoms with Crippen LogP contribution >= 0.6 is 0 Å². The number of nitrogens with zero attached hydrogens (tertiary/aromatic N) is 2. The molecular weight excluding hydrogens is 304 g/mol. The maximum absolute atomic E-state index is 2.55. The van der Waals surface area contributed by atoms with Gasteiger partial charge in [-0.25, -0.2) is 0 Å². The number of rotatable bonds is 17. The molecule has 0 aromatic carbocycles. The minimum absolute atomic E-state index is 0.624. The van der Waals surface area contributed by atoms with Gasteiger partial charge in [0.15, 0.2) is 0 Å². The van der Waals surface area contributed by atoms with Crippen molar-refractivity contribution in [2.45, 2.75) is 123 Å². The van der Waals surface area contributed by atoms with E-state index in [9.17, 15) is 0 Å². The molecule has 0 saturated carbocycles. The van der Waals surface area contributed by atoms with Gasteiger partial charge in [0.2, 0.25) is 0 Å². The van der Waals surface area contributed by atoms with Crippen LogP contribution < -0.4 is 0 Å². The molecule has 1 rings (SSSR count). The molecule has 1 aliphatic rings. The van der Waals surface area contributed by atoms with Crippen molar-refractivity contribution in [3.05, 3.63) is 12.4 Å². The van der Waals surface area contributed by atoms with E-state index in [0.29, 0.717) is 6.17 Å². The second-order valence-electron chi connectivity index (χ2n) is 8.07. The molecule has 148 valence electrons. The summed E-state index contributed by atoms with van der Waals surface area (Å²) >= 11 is 0. The van der Waals surface area contributed by atoms with Crippen LogP contribution in [0, 0.1) is 0 Å². The molecule has 0 radical (unpaired) electrons. The highest BCUT2D eigenvalue weighted by Gasteiger charge is 2.21. The van der Waals surface area contributed by atoms with Crippen molar-refractivity contribution in [2.24, 2.45) is 0 Å². The summed E-state index contributed by atoms with van der Waals surface area (Å²) in [5.74, 6) is 0. The lowest BCUT2D eigenvalue weighted by Gasteiger charge is -2.30. The average molecular weight is 351 g/mol. The van der Waals surface area contributed by atoms with Crippen molar-refractivity contribution in [3.8, 4) is 0 Å². The fourth-order valence-corrected chi connectivity index (χ4v) is 3.90. The van der Waals surface area contributed by atoms with E-state index in [1.165, 1.54) is 109 Å². The first-order valence-electron chi connectivity index (χ1n) is 11.5. The van der Waals surface area contributed by atoms with Crippen molar-refractivity contribution >= 4 is 0 Å². The van der Waals surface area contributed by atoms with Gasteiger partial charge in [-0.3, -0.25) is 0 Å². The second kappa shape index (κ2) is 15.6. The van der Waals surface area contributed by atoms with Crippen molar-refractivity contribution in [2.75, 3.05) is 13.6 Å². The van der Waals surface area contributed by atoms with E-state index in [1.54, 1.807) is 0 Å². The first-order chi connectivity index (χ1) is 12.3. The monoisotopic (exact) mass is 350 g/mol. The minimum atomic E-state index is 0.624. The molecule has 0 N–H and O–H groups in total. The molecule has 1 atom stereocenters. The maximum atomic E-state index is 2.55. The molecule has 2 heteroatoms. The summed E-state index contributed by atoms with van der Waals surface area (Å²) in [6.45, 7) is 5.80. The summed E-state index contributed by atoms with van der Waals surface area (Å²) in [5, 5.41) is 0. The first kappa shape index (κ1) is 22.4. The Labute approximate surface area is 159 Å². The molecule has 0 aromatic heterocycles. The smallest absolute Gasteiger partial charge is 0.100 e. The summed E-state index contributed by atoms with van der Waals surface area (Å²) in [6, 6.07) is 0. The van der Waals surface area contributed by atoms with Crippen molar-refractivity contribution < 1.29 is 0 Å². The lowest BCUT2D eigenvalue weighted by molar-refractivity contribution is 0.160. The van der Waals surface area contributed by atoms with Gasteiger partial charge in [0.25, 0.3) is 0 Å². The van der Waals surface area contributed by atoms with E-state index in [4.69, 9.17) is 0 Å². The largest absolute Gasteiger partial charge is 0.359 e. The summed E-state index contributed by atoms with van der Waals surface area (Å²) < 4.78 is 0. The quantitative estimate of drug-likeness (QED) is 0.254. The van der Waals surface area contributed by atoms with Crippen LogP contribution in [0.5, 0.6) is 0 Å². The zero-order valence-corrected chi connectivity index (χ0v) is 17.6.